The Morgan fingerprint density at radius 1 is 1.77 bits per heavy atom. The molecule has 0 amide bonds. The molecular weight excluding hydrogens is 166 g/mol. The smallest absolute Gasteiger partial charge is 0.304 e. The number of terminal acetylenes is 1. The zero-order chi connectivity index (χ0) is 9.68. The summed E-state index contributed by atoms with van der Waals surface area (Å²) in [6.45, 7) is 1.32. The number of aromatic nitrogens is 1. The van der Waals surface area contributed by atoms with E-state index >= 15 is 0 Å². The van der Waals surface area contributed by atoms with Crippen molar-refractivity contribution in [1.29, 1.82) is 0 Å². The molecular formula is C10H9NO2. The first-order chi connectivity index (χ1) is 6.24. The van der Waals surface area contributed by atoms with Crippen molar-refractivity contribution in [3.63, 3.8) is 0 Å². The fraction of sp³-hybridized carbons (Fsp3) is 0.200. The summed E-state index contributed by atoms with van der Waals surface area (Å²) >= 11 is 0. The summed E-state index contributed by atoms with van der Waals surface area (Å²) in [6.07, 6.45) is 7.77. The first-order valence-corrected chi connectivity index (χ1v) is 3.77. The van der Waals surface area contributed by atoms with Gasteiger partial charge in [-0.1, -0.05) is 12.0 Å². The number of ether oxygens (including phenoxy) is 1. The van der Waals surface area contributed by atoms with Gasteiger partial charge in [0.2, 0.25) is 0 Å². The van der Waals surface area contributed by atoms with Crippen LogP contribution in [0.4, 0.5) is 0 Å². The van der Waals surface area contributed by atoms with Gasteiger partial charge in [-0.3, -0.25) is 9.78 Å². The van der Waals surface area contributed by atoms with Crippen LogP contribution in [0, 0.1) is 12.3 Å². The Hall–Kier alpha value is -1.82. The van der Waals surface area contributed by atoms with Crippen LogP contribution in [-0.4, -0.2) is 11.0 Å². The average Bonchev–Trinajstić information content (AvgIpc) is 2.15. The third kappa shape index (κ3) is 2.60. The van der Waals surface area contributed by atoms with Crippen molar-refractivity contribution >= 4 is 5.97 Å². The summed E-state index contributed by atoms with van der Waals surface area (Å²) in [5, 5.41) is 0. The van der Waals surface area contributed by atoms with Crippen LogP contribution in [0.3, 0.4) is 0 Å². The highest BCUT2D eigenvalue weighted by Gasteiger charge is 2.10. The molecule has 0 bridgehead atoms. The number of esters is 1. The van der Waals surface area contributed by atoms with E-state index in [2.05, 4.69) is 10.9 Å². The van der Waals surface area contributed by atoms with Gasteiger partial charge in [0.25, 0.3) is 0 Å². The normalized spacial score (nSPS) is 11.4. The van der Waals surface area contributed by atoms with Crippen molar-refractivity contribution in [3.8, 4) is 12.3 Å². The molecule has 0 aliphatic carbocycles. The molecule has 66 valence electrons. The molecule has 1 rings (SSSR count). The molecule has 0 N–H and O–H groups in total. The van der Waals surface area contributed by atoms with E-state index in [9.17, 15) is 4.79 Å². The Morgan fingerprint density at radius 2 is 2.54 bits per heavy atom. The topological polar surface area (TPSA) is 39.2 Å². The number of hydrogen-bond acceptors (Lipinski definition) is 3. The minimum atomic E-state index is -0.633. The molecule has 0 aromatic carbocycles. The fourth-order valence-corrected chi connectivity index (χ4v) is 0.895. The lowest BCUT2D eigenvalue weighted by Gasteiger charge is -2.09. The highest BCUT2D eigenvalue weighted by molar-refractivity contribution is 5.66. The van der Waals surface area contributed by atoms with Crippen LogP contribution >= 0.6 is 0 Å². The zero-order valence-electron chi connectivity index (χ0n) is 7.23. The number of pyridine rings is 1. The van der Waals surface area contributed by atoms with Crippen LogP contribution in [0.1, 0.15) is 18.6 Å². The second-order valence-electron chi connectivity index (χ2n) is 2.44. The van der Waals surface area contributed by atoms with Gasteiger partial charge >= 0.3 is 5.97 Å². The number of carbonyl (C=O) groups is 1. The predicted octanol–water partition coefficient (Wildman–Crippen LogP) is 1.32. The monoisotopic (exact) mass is 175 g/mol. The number of rotatable bonds is 2. The highest BCUT2D eigenvalue weighted by atomic mass is 16.5. The molecule has 0 fully saturated rings. The van der Waals surface area contributed by atoms with Gasteiger partial charge in [0.15, 0.2) is 6.10 Å². The van der Waals surface area contributed by atoms with E-state index in [-0.39, 0.29) is 0 Å². The Morgan fingerprint density at radius 3 is 3.00 bits per heavy atom. The van der Waals surface area contributed by atoms with Gasteiger partial charge in [-0.05, 0) is 6.07 Å². The highest BCUT2D eigenvalue weighted by Crippen LogP contribution is 2.14. The van der Waals surface area contributed by atoms with Crippen molar-refractivity contribution in [1.82, 2.24) is 4.98 Å². The second kappa shape index (κ2) is 4.27. The van der Waals surface area contributed by atoms with Crippen LogP contribution < -0.4 is 0 Å². The number of nitrogens with zero attached hydrogens (tertiary/aromatic N) is 1. The Labute approximate surface area is 76.8 Å². The van der Waals surface area contributed by atoms with Crippen LogP contribution in [0.2, 0.25) is 0 Å². The maximum absolute atomic E-state index is 10.6. The van der Waals surface area contributed by atoms with Crippen LogP contribution in [-0.2, 0) is 9.53 Å². The molecule has 3 heteroatoms. The van der Waals surface area contributed by atoms with E-state index < -0.39 is 12.1 Å². The summed E-state index contributed by atoms with van der Waals surface area (Å²) in [4.78, 5) is 14.5. The van der Waals surface area contributed by atoms with E-state index in [1.165, 1.54) is 6.92 Å². The Bertz CT molecular complexity index is 327. The van der Waals surface area contributed by atoms with Crippen molar-refractivity contribution < 1.29 is 9.53 Å². The zero-order valence-corrected chi connectivity index (χ0v) is 7.23. The van der Waals surface area contributed by atoms with E-state index in [4.69, 9.17) is 11.2 Å². The lowest BCUT2D eigenvalue weighted by molar-refractivity contribution is -0.144. The molecule has 0 spiro atoms. The molecule has 1 heterocycles. The molecule has 1 aromatic heterocycles. The quantitative estimate of drug-likeness (QED) is 0.502. The van der Waals surface area contributed by atoms with Gasteiger partial charge in [-0.25, -0.2) is 0 Å². The summed E-state index contributed by atoms with van der Waals surface area (Å²) in [7, 11) is 0. The summed E-state index contributed by atoms with van der Waals surface area (Å²) < 4.78 is 4.87. The lowest BCUT2D eigenvalue weighted by atomic mass is 10.2. The SMILES string of the molecule is C#CC(OC(C)=O)c1cccnc1. The van der Waals surface area contributed by atoms with E-state index in [0.717, 1.165) is 0 Å². The summed E-state index contributed by atoms with van der Waals surface area (Å²) in [5.41, 5.74) is 0.709. The number of carbonyl (C=O) groups excluding carboxylic acids is 1. The molecule has 0 radical (unpaired) electrons. The molecule has 3 nitrogen and oxygen atoms in total. The van der Waals surface area contributed by atoms with Gasteiger partial charge in [0.1, 0.15) is 0 Å². The summed E-state index contributed by atoms with van der Waals surface area (Å²) in [6, 6.07) is 3.50. The maximum Gasteiger partial charge on any atom is 0.304 e. The van der Waals surface area contributed by atoms with Crippen molar-refractivity contribution in [3.05, 3.63) is 30.1 Å². The molecule has 1 atom stereocenters. The van der Waals surface area contributed by atoms with E-state index in [1.54, 1.807) is 24.5 Å². The minimum Gasteiger partial charge on any atom is -0.444 e. The van der Waals surface area contributed by atoms with Gasteiger partial charge in [0, 0.05) is 24.9 Å². The minimum absolute atomic E-state index is 0.396. The maximum atomic E-state index is 10.6. The third-order valence-corrected chi connectivity index (χ3v) is 1.42. The lowest BCUT2D eigenvalue weighted by Crippen LogP contribution is -2.06. The van der Waals surface area contributed by atoms with E-state index in [1.807, 2.05) is 0 Å². The van der Waals surface area contributed by atoms with Crippen LogP contribution in [0.15, 0.2) is 24.5 Å². The average molecular weight is 175 g/mol. The standard InChI is InChI=1S/C10H9NO2/c1-3-10(13-8(2)12)9-5-4-6-11-7-9/h1,4-7,10H,2H3. The number of hydrogen-bond donors (Lipinski definition) is 0. The molecule has 0 aliphatic heterocycles. The van der Waals surface area contributed by atoms with Gasteiger partial charge in [0.05, 0.1) is 0 Å². The molecule has 0 saturated carbocycles. The largest absolute Gasteiger partial charge is 0.444 e. The third-order valence-electron chi connectivity index (χ3n) is 1.42. The van der Waals surface area contributed by atoms with E-state index in [0.29, 0.717) is 5.56 Å². The van der Waals surface area contributed by atoms with Crippen molar-refractivity contribution in [2.24, 2.45) is 0 Å². The first kappa shape index (κ1) is 9.27. The first-order valence-electron chi connectivity index (χ1n) is 3.77. The van der Waals surface area contributed by atoms with Gasteiger partial charge < -0.3 is 4.74 Å². The Kier molecular flexibility index (Phi) is 3.04. The molecule has 0 saturated heterocycles. The summed E-state index contributed by atoms with van der Waals surface area (Å²) in [5.74, 6) is 1.97. The molecule has 0 aliphatic rings. The van der Waals surface area contributed by atoms with Crippen LogP contribution in [0.25, 0.3) is 0 Å². The van der Waals surface area contributed by atoms with Gasteiger partial charge in [-0.15, -0.1) is 6.42 Å². The predicted molar refractivity (Wildman–Crippen MR) is 47.6 cm³/mol. The molecule has 13 heavy (non-hydrogen) atoms. The second-order valence-corrected chi connectivity index (χ2v) is 2.44. The fourth-order valence-electron chi connectivity index (χ4n) is 0.895. The van der Waals surface area contributed by atoms with Gasteiger partial charge in [-0.2, -0.15) is 0 Å². The van der Waals surface area contributed by atoms with Crippen molar-refractivity contribution in [2.75, 3.05) is 0 Å². The van der Waals surface area contributed by atoms with Crippen molar-refractivity contribution in [2.45, 2.75) is 13.0 Å². The molecule has 1 aromatic rings. The van der Waals surface area contributed by atoms with Crippen LogP contribution in [0.5, 0.6) is 0 Å². The molecule has 1 unspecified atom stereocenters. The Balaban J connectivity index is 2.80.